The third kappa shape index (κ3) is 3.46. The Hall–Kier alpha value is -0.590. The van der Waals surface area contributed by atoms with Crippen LogP contribution in [-0.4, -0.2) is 32.6 Å². The van der Waals surface area contributed by atoms with Crippen LogP contribution in [0.15, 0.2) is 22.7 Å². The third-order valence-electron chi connectivity index (χ3n) is 2.92. The summed E-state index contributed by atoms with van der Waals surface area (Å²) in [5.74, 6) is 1.08. The van der Waals surface area contributed by atoms with Gasteiger partial charge < -0.3 is 10.5 Å². The van der Waals surface area contributed by atoms with Gasteiger partial charge in [-0.15, -0.1) is 0 Å². The van der Waals surface area contributed by atoms with Crippen molar-refractivity contribution in [1.29, 1.82) is 0 Å². The maximum absolute atomic E-state index is 11.4. The largest absolute Gasteiger partial charge is 0.489 e. The fourth-order valence-corrected chi connectivity index (χ4v) is 4.05. The van der Waals surface area contributed by atoms with Crippen molar-refractivity contribution in [3.05, 3.63) is 28.2 Å². The van der Waals surface area contributed by atoms with Gasteiger partial charge in [-0.2, -0.15) is 0 Å². The van der Waals surface area contributed by atoms with Gasteiger partial charge in [0.25, 0.3) is 0 Å². The summed E-state index contributed by atoms with van der Waals surface area (Å²) in [6, 6.07) is 5.71. The number of hydrogen-bond donors (Lipinski definition) is 1. The molecule has 1 aromatic carbocycles. The van der Waals surface area contributed by atoms with Gasteiger partial charge in [0.15, 0.2) is 9.84 Å². The molecule has 1 aliphatic heterocycles. The molecule has 0 bridgehead atoms. The molecule has 0 amide bonds. The summed E-state index contributed by atoms with van der Waals surface area (Å²) < 4.78 is 29.5. The lowest BCUT2D eigenvalue weighted by atomic mass is 10.1. The number of halogens is 1. The maximum Gasteiger partial charge on any atom is 0.154 e. The highest BCUT2D eigenvalue weighted by Gasteiger charge is 2.29. The van der Waals surface area contributed by atoms with Gasteiger partial charge in [-0.05, 0) is 43.1 Å². The summed E-state index contributed by atoms with van der Waals surface area (Å²) in [6.07, 6.45) is 1.06. The van der Waals surface area contributed by atoms with E-state index in [9.17, 15) is 8.42 Å². The molecule has 1 heterocycles. The van der Waals surface area contributed by atoms with E-state index < -0.39 is 9.84 Å². The van der Waals surface area contributed by atoms with Crippen molar-refractivity contribution in [1.82, 2.24) is 0 Å². The van der Waals surface area contributed by atoms with Crippen molar-refractivity contribution in [3.8, 4) is 5.75 Å². The minimum atomic E-state index is -2.91. The topological polar surface area (TPSA) is 69.4 Å². The van der Waals surface area contributed by atoms with Crippen molar-refractivity contribution < 1.29 is 13.2 Å². The average molecular weight is 334 g/mol. The zero-order chi connectivity index (χ0) is 13.2. The smallest absolute Gasteiger partial charge is 0.154 e. The lowest BCUT2D eigenvalue weighted by Crippen LogP contribution is -2.19. The summed E-state index contributed by atoms with van der Waals surface area (Å²) in [5, 5.41) is 0. The van der Waals surface area contributed by atoms with Crippen LogP contribution in [-0.2, 0) is 16.3 Å². The molecule has 2 N–H and O–H groups in total. The van der Waals surface area contributed by atoms with E-state index in [4.69, 9.17) is 10.5 Å². The molecule has 1 aliphatic rings. The van der Waals surface area contributed by atoms with Crippen LogP contribution in [0.4, 0.5) is 0 Å². The molecule has 1 saturated heterocycles. The molecule has 1 unspecified atom stereocenters. The molecular weight excluding hydrogens is 318 g/mol. The molecule has 4 nitrogen and oxygen atoms in total. The molecule has 0 aliphatic carbocycles. The van der Waals surface area contributed by atoms with Crippen molar-refractivity contribution in [3.63, 3.8) is 0 Å². The Morgan fingerprint density at radius 1 is 1.44 bits per heavy atom. The van der Waals surface area contributed by atoms with Crippen molar-refractivity contribution in [2.24, 2.45) is 5.73 Å². The van der Waals surface area contributed by atoms with Gasteiger partial charge >= 0.3 is 0 Å². The van der Waals surface area contributed by atoms with Crippen LogP contribution in [0.1, 0.15) is 12.0 Å². The second-order valence-electron chi connectivity index (χ2n) is 4.43. The fourth-order valence-electron chi connectivity index (χ4n) is 2.05. The quantitative estimate of drug-likeness (QED) is 0.906. The zero-order valence-electron chi connectivity index (χ0n) is 9.93. The summed E-state index contributed by atoms with van der Waals surface area (Å²) in [6.45, 7) is 0.537. The monoisotopic (exact) mass is 333 g/mol. The molecule has 100 valence electrons. The highest BCUT2D eigenvalue weighted by atomic mass is 79.9. The highest BCUT2D eigenvalue weighted by Crippen LogP contribution is 2.26. The Morgan fingerprint density at radius 3 is 2.83 bits per heavy atom. The molecular formula is C12H16BrNO3S. The molecule has 0 saturated carbocycles. The molecule has 2 rings (SSSR count). The van der Waals surface area contributed by atoms with E-state index in [2.05, 4.69) is 15.9 Å². The first-order valence-corrected chi connectivity index (χ1v) is 8.47. The van der Waals surface area contributed by atoms with Crippen molar-refractivity contribution in [2.75, 3.05) is 18.1 Å². The summed E-state index contributed by atoms with van der Waals surface area (Å²) in [7, 11) is -2.91. The molecule has 0 aromatic heterocycles. The normalized spacial score (nSPS) is 22.0. The molecule has 0 spiro atoms. The van der Waals surface area contributed by atoms with Crippen molar-refractivity contribution >= 4 is 25.8 Å². The predicted molar refractivity (Wildman–Crippen MR) is 74.6 cm³/mol. The number of rotatable bonds is 4. The SMILES string of the molecule is NCCc1cc(Br)ccc1OC1CCS(=O)(=O)C1. The second-order valence-corrected chi connectivity index (χ2v) is 7.58. The standard InChI is InChI=1S/C12H16BrNO3S/c13-10-1-2-12(9(7-10)3-5-14)17-11-4-6-18(15,16)8-11/h1-2,7,11H,3-6,8,14H2. The van der Waals surface area contributed by atoms with Gasteiger partial charge in [-0.1, -0.05) is 15.9 Å². The molecule has 6 heteroatoms. The first-order valence-electron chi connectivity index (χ1n) is 5.86. The van der Waals surface area contributed by atoms with Gasteiger partial charge in [0.2, 0.25) is 0 Å². The average Bonchev–Trinajstić information content (AvgIpc) is 2.62. The van der Waals surface area contributed by atoms with Crippen LogP contribution in [0.2, 0.25) is 0 Å². The second kappa shape index (κ2) is 5.59. The first-order chi connectivity index (χ1) is 8.50. The van der Waals surface area contributed by atoms with E-state index in [-0.39, 0.29) is 17.6 Å². The highest BCUT2D eigenvalue weighted by molar-refractivity contribution is 9.10. The van der Waals surface area contributed by atoms with Crippen LogP contribution in [0.25, 0.3) is 0 Å². The van der Waals surface area contributed by atoms with Crippen LogP contribution in [0, 0.1) is 0 Å². The van der Waals surface area contributed by atoms with E-state index in [1.807, 2.05) is 18.2 Å². The van der Waals surface area contributed by atoms with Gasteiger partial charge in [0.05, 0.1) is 11.5 Å². The van der Waals surface area contributed by atoms with Gasteiger partial charge in [-0.25, -0.2) is 8.42 Å². The van der Waals surface area contributed by atoms with Crippen LogP contribution in [0.5, 0.6) is 5.75 Å². The summed E-state index contributed by atoms with van der Waals surface area (Å²) >= 11 is 3.40. The predicted octanol–water partition coefficient (Wildman–Crippen LogP) is 1.52. The Morgan fingerprint density at radius 2 is 2.22 bits per heavy atom. The fraction of sp³-hybridized carbons (Fsp3) is 0.500. The van der Waals surface area contributed by atoms with Crippen LogP contribution in [0.3, 0.4) is 0 Å². The molecule has 0 radical (unpaired) electrons. The lowest BCUT2D eigenvalue weighted by Gasteiger charge is -2.15. The molecule has 1 atom stereocenters. The number of ether oxygens (including phenoxy) is 1. The molecule has 1 aromatic rings. The van der Waals surface area contributed by atoms with Gasteiger partial charge in [-0.3, -0.25) is 0 Å². The van der Waals surface area contributed by atoms with E-state index in [0.29, 0.717) is 19.4 Å². The van der Waals surface area contributed by atoms with E-state index in [0.717, 1.165) is 15.8 Å². The number of hydrogen-bond acceptors (Lipinski definition) is 4. The van der Waals surface area contributed by atoms with Crippen LogP contribution < -0.4 is 10.5 Å². The summed E-state index contributed by atoms with van der Waals surface area (Å²) in [5.41, 5.74) is 6.57. The van der Waals surface area contributed by atoms with Crippen molar-refractivity contribution in [2.45, 2.75) is 18.9 Å². The van der Waals surface area contributed by atoms with Gasteiger partial charge in [0.1, 0.15) is 11.9 Å². The lowest BCUT2D eigenvalue weighted by molar-refractivity contribution is 0.226. The van der Waals surface area contributed by atoms with Gasteiger partial charge in [0, 0.05) is 4.47 Å². The Bertz CT molecular complexity index is 530. The maximum atomic E-state index is 11.4. The summed E-state index contributed by atoms with van der Waals surface area (Å²) in [4.78, 5) is 0. The number of sulfone groups is 1. The first kappa shape index (κ1) is 13.8. The Labute approximate surface area is 116 Å². The zero-order valence-corrected chi connectivity index (χ0v) is 12.3. The molecule has 18 heavy (non-hydrogen) atoms. The van der Waals surface area contributed by atoms with Crippen LogP contribution >= 0.6 is 15.9 Å². The third-order valence-corrected chi connectivity index (χ3v) is 5.15. The molecule has 1 fully saturated rings. The minimum absolute atomic E-state index is 0.116. The van der Waals surface area contributed by atoms with E-state index in [1.165, 1.54) is 0 Å². The minimum Gasteiger partial charge on any atom is -0.489 e. The Balaban J connectivity index is 2.14. The number of benzene rings is 1. The Kier molecular flexibility index (Phi) is 4.29. The number of nitrogens with two attached hydrogens (primary N) is 1. The van der Waals surface area contributed by atoms with E-state index >= 15 is 0 Å². The van der Waals surface area contributed by atoms with E-state index in [1.54, 1.807) is 0 Å².